The van der Waals surface area contributed by atoms with Gasteiger partial charge in [0, 0.05) is 5.56 Å². The number of nitrogen functional groups attached to an aromatic ring is 1. The molecule has 0 fully saturated rings. The first-order valence-corrected chi connectivity index (χ1v) is 6.92. The smallest absolute Gasteiger partial charge is 0.162 e. The predicted molar refractivity (Wildman–Crippen MR) is 85.8 cm³/mol. The van der Waals surface area contributed by atoms with Crippen LogP contribution in [0.1, 0.15) is 5.56 Å². The number of rotatable bonds is 5. The molecule has 5 heteroatoms. The number of nitrogens with one attached hydrogen (secondary N) is 1. The Balaban J connectivity index is 1.87. The van der Waals surface area contributed by atoms with Crippen molar-refractivity contribution in [2.45, 2.75) is 6.61 Å². The molecule has 0 atom stereocenters. The minimum absolute atomic E-state index is 0.474. The van der Waals surface area contributed by atoms with Gasteiger partial charge in [0.1, 0.15) is 12.4 Å². The lowest BCUT2D eigenvalue weighted by molar-refractivity contribution is 0.284. The molecule has 22 heavy (non-hydrogen) atoms. The van der Waals surface area contributed by atoms with E-state index in [4.69, 9.17) is 15.2 Å². The Hall–Kier alpha value is -2.95. The molecule has 0 amide bonds. The van der Waals surface area contributed by atoms with Gasteiger partial charge in [0.2, 0.25) is 0 Å². The maximum atomic E-state index is 5.90. The molecule has 112 valence electrons. The number of methoxy groups -OCH3 is 1. The minimum Gasteiger partial charge on any atom is -0.493 e. The van der Waals surface area contributed by atoms with Crippen molar-refractivity contribution in [2.24, 2.45) is 0 Å². The molecule has 3 N–H and O–H groups in total. The van der Waals surface area contributed by atoms with Crippen LogP contribution in [0.15, 0.2) is 54.7 Å². The Morgan fingerprint density at radius 1 is 1.09 bits per heavy atom. The highest BCUT2D eigenvalue weighted by Gasteiger charge is 2.10. The van der Waals surface area contributed by atoms with Gasteiger partial charge in [-0.05, 0) is 23.3 Å². The van der Waals surface area contributed by atoms with E-state index in [1.165, 1.54) is 0 Å². The van der Waals surface area contributed by atoms with Gasteiger partial charge in [0.05, 0.1) is 13.3 Å². The number of nitrogens with zero attached hydrogens (tertiary/aromatic N) is 1. The van der Waals surface area contributed by atoms with E-state index in [2.05, 4.69) is 10.2 Å². The number of aromatic amines is 1. The average molecular weight is 295 g/mol. The van der Waals surface area contributed by atoms with E-state index in [9.17, 15) is 0 Å². The average Bonchev–Trinajstić information content (AvgIpc) is 2.99. The van der Waals surface area contributed by atoms with Crippen molar-refractivity contribution < 1.29 is 9.47 Å². The number of anilines is 1. The third kappa shape index (κ3) is 2.88. The molecule has 0 aliphatic rings. The number of H-pyrrole nitrogens is 1. The van der Waals surface area contributed by atoms with Crippen molar-refractivity contribution in [3.05, 3.63) is 60.3 Å². The molecule has 0 saturated carbocycles. The monoisotopic (exact) mass is 295 g/mol. The van der Waals surface area contributed by atoms with Gasteiger partial charge < -0.3 is 15.2 Å². The van der Waals surface area contributed by atoms with Crippen LogP contribution in [0.25, 0.3) is 11.1 Å². The van der Waals surface area contributed by atoms with Crippen LogP contribution < -0.4 is 15.2 Å². The number of hydrogen-bond donors (Lipinski definition) is 2. The second-order valence-electron chi connectivity index (χ2n) is 4.84. The second-order valence-corrected chi connectivity index (χ2v) is 4.84. The Morgan fingerprint density at radius 3 is 2.59 bits per heavy atom. The predicted octanol–water partition coefficient (Wildman–Crippen LogP) is 3.25. The van der Waals surface area contributed by atoms with Crippen LogP contribution in [-0.4, -0.2) is 17.3 Å². The van der Waals surface area contributed by atoms with Crippen LogP contribution >= 0.6 is 0 Å². The molecule has 5 nitrogen and oxygen atoms in total. The molecule has 0 unspecified atom stereocenters. The lowest BCUT2D eigenvalue weighted by atomic mass is 10.1. The topological polar surface area (TPSA) is 73.2 Å². The third-order valence-corrected chi connectivity index (χ3v) is 3.38. The molecule has 0 spiro atoms. The maximum Gasteiger partial charge on any atom is 0.162 e. The Labute approximate surface area is 128 Å². The van der Waals surface area contributed by atoms with Crippen molar-refractivity contribution >= 4 is 5.82 Å². The second kappa shape index (κ2) is 6.22. The van der Waals surface area contributed by atoms with E-state index in [0.29, 0.717) is 23.9 Å². The first-order valence-electron chi connectivity index (χ1n) is 6.92. The molecule has 0 saturated heterocycles. The van der Waals surface area contributed by atoms with Gasteiger partial charge in [0.25, 0.3) is 0 Å². The van der Waals surface area contributed by atoms with Crippen LogP contribution in [-0.2, 0) is 6.61 Å². The fraction of sp³-hybridized carbons (Fsp3) is 0.118. The molecule has 3 rings (SSSR count). The van der Waals surface area contributed by atoms with E-state index in [1.54, 1.807) is 13.3 Å². The van der Waals surface area contributed by atoms with Crippen LogP contribution in [0.3, 0.4) is 0 Å². The van der Waals surface area contributed by atoms with E-state index < -0.39 is 0 Å². The summed E-state index contributed by atoms with van der Waals surface area (Å²) in [4.78, 5) is 0. The Morgan fingerprint density at radius 2 is 1.91 bits per heavy atom. The normalized spacial score (nSPS) is 10.4. The fourth-order valence-electron chi connectivity index (χ4n) is 2.22. The molecular weight excluding hydrogens is 278 g/mol. The van der Waals surface area contributed by atoms with Gasteiger partial charge >= 0.3 is 0 Å². The SMILES string of the molecule is COc1ccc(-c2cn[nH]c2N)cc1OCc1ccccc1. The summed E-state index contributed by atoms with van der Waals surface area (Å²) in [5.74, 6) is 1.88. The lowest BCUT2D eigenvalue weighted by Crippen LogP contribution is -1.98. The molecule has 3 aromatic rings. The van der Waals surface area contributed by atoms with Gasteiger partial charge in [-0.3, -0.25) is 5.10 Å². The molecule has 1 aromatic heterocycles. The summed E-state index contributed by atoms with van der Waals surface area (Å²) >= 11 is 0. The fourth-order valence-corrected chi connectivity index (χ4v) is 2.22. The zero-order valence-corrected chi connectivity index (χ0v) is 12.2. The van der Waals surface area contributed by atoms with Gasteiger partial charge in [-0.15, -0.1) is 0 Å². The molecule has 2 aromatic carbocycles. The van der Waals surface area contributed by atoms with Crippen LogP contribution in [0.5, 0.6) is 11.5 Å². The number of nitrogens with two attached hydrogens (primary N) is 1. The van der Waals surface area contributed by atoms with E-state index in [0.717, 1.165) is 16.7 Å². The highest BCUT2D eigenvalue weighted by Crippen LogP contribution is 2.34. The molecule has 0 radical (unpaired) electrons. The van der Waals surface area contributed by atoms with Crippen LogP contribution in [0.2, 0.25) is 0 Å². The van der Waals surface area contributed by atoms with Crippen molar-refractivity contribution in [1.29, 1.82) is 0 Å². The van der Waals surface area contributed by atoms with E-state index >= 15 is 0 Å². The standard InChI is InChI=1S/C17H17N3O2/c1-21-15-8-7-13(14-10-19-20-17(14)18)9-16(15)22-11-12-5-3-2-4-6-12/h2-10H,11H2,1H3,(H3,18,19,20). The lowest BCUT2D eigenvalue weighted by Gasteiger charge is -2.12. The highest BCUT2D eigenvalue weighted by molar-refractivity contribution is 5.75. The summed E-state index contributed by atoms with van der Waals surface area (Å²) in [6, 6.07) is 15.7. The third-order valence-electron chi connectivity index (χ3n) is 3.38. The minimum atomic E-state index is 0.474. The summed E-state index contributed by atoms with van der Waals surface area (Å²) in [6.45, 7) is 0.474. The van der Waals surface area contributed by atoms with Crippen molar-refractivity contribution in [3.63, 3.8) is 0 Å². The molecule has 1 heterocycles. The molecule has 0 aliphatic heterocycles. The number of benzene rings is 2. The summed E-state index contributed by atoms with van der Waals surface area (Å²) in [7, 11) is 1.62. The summed E-state index contributed by atoms with van der Waals surface area (Å²) in [6.07, 6.45) is 1.69. The largest absolute Gasteiger partial charge is 0.493 e. The Bertz CT molecular complexity index is 754. The highest BCUT2D eigenvalue weighted by atomic mass is 16.5. The number of ether oxygens (including phenoxy) is 2. The summed E-state index contributed by atoms with van der Waals surface area (Å²) in [5.41, 5.74) is 8.73. The quantitative estimate of drug-likeness (QED) is 0.758. The van der Waals surface area contributed by atoms with Crippen molar-refractivity contribution in [2.75, 3.05) is 12.8 Å². The van der Waals surface area contributed by atoms with Crippen molar-refractivity contribution in [3.8, 4) is 22.6 Å². The zero-order chi connectivity index (χ0) is 15.4. The van der Waals surface area contributed by atoms with Crippen LogP contribution in [0.4, 0.5) is 5.82 Å². The van der Waals surface area contributed by atoms with Crippen molar-refractivity contribution in [1.82, 2.24) is 10.2 Å². The van der Waals surface area contributed by atoms with Gasteiger partial charge in [0.15, 0.2) is 11.5 Å². The molecule has 0 bridgehead atoms. The Kier molecular flexibility index (Phi) is 3.96. The summed E-state index contributed by atoms with van der Waals surface area (Å²) in [5, 5.41) is 6.67. The summed E-state index contributed by atoms with van der Waals surface area (Å²) < 4.78 is 11.3. The van der Waals surface area contributed by atoms with Crippen LogP contribution in [0, 0.1) is 0 Å². The number of hydrogen-bond acceptors (Lipinski definition) is 4. The first kappa shape index (κ1) is 14.0. The van der Waals surface area contributed by atoms with E-state index in [1.807, 2.05) is 48.5 Å². The van der Waals surface area contributed by atoms with Gasteiger partial charge in [-0.2, -0.15) is 5.10 Å². The first-order chi connectivity index (χ1) is 10.8. The van der Waals surface area contributed by atoms with Gasteiger partial charge in [-0.1, -0.05) is 36.4 Å². The molecular formula is C17H17N3O2. The van der Waals surface area contributed by atoms with Gasteiger partial charge in [-0.25, -0.2) is 0 Å². The molecule has 0 aliphatic carbocycles. The van der Waals surface area contributed by atoms with E-state index in [-0.39, 0.29) is 0 Å². The maximum absolute atomic E-state index is 5.90. The zero-order valence-electron chi connectivity index (χ0n) is 12.2. The number of aromatic nitrogens is 2.